The van der Waals surface area contributed by atoms with Crippen LogP contribution in [0.3, 0.4) is 0 Å². The van der Waals surface area contributed by atoms with Crippen molar-refractivity contribution in [3.8, 4) is 11.5 Å². The van der Waals surface area contributed by atoms with E-state index in [0.717, 1.165) is 29.9 Å². The number of aromatic nitrogens is 2. The van der Waals surface area contributed by atoms with Gasteiger partial charge >= 0.3 is 0 Å². The standard InChI is InChI=1S/C15H15N3O3/c19-15(12-9-16-6-7-17-12)18-5-1-2-11-3-4-13-14(8-11)21-10-20-13/h3-4,6-9H,1-2,5,10H2,(H,18,19). The number of fused-ring (bicyclic) bond motifs is 1. The van der Waals surface area contributed by atoms with Crippen molar-refractivity contribution in [2.24, 2.45) is 0 Å². The minimum Gasteiger partial charge on any atom is -0.454 e. The van der Waals surface area contributed by atoms with E-state index in [1.807, 2.05) is 18.2 Å². The second-order valence-electron chi connectivity index (χ2n) is 4.64. The van der Waals surface area contributed by atoms with Gasteiger partial charge in [-0.05, 0) is 30.5 Å². The lowest BCUT2D eigenvalue weighted by molar-refractivity contribution is 0.0948. The Morgan fingerprint density at radius 3 is 3.00 bits per heavy atom. The van der Waals surface area contributed by atoms with Gasteiger partial charge in [0.05, 0.1) is 6.20 Å². The summed E-state index contributed by atoms with van der Waals surface area (Å²) in [5.74, 6) is 1.37. The predicted octanol–water partition coefficient (Wildman–Crippen LogP) is 1.57. The summed E-state index contributed by atoms with van der Waals surface area (Å²) in [6, 6.07) is 5.90. The van der Waals surface area contributed by atoms with E-state index in [-0.39, 0.29) is 12.7 Å². The molecule has 0 spiro atoms. The summed E-state index contributed by atoms with van der Waals surface area (Å²) in [5.41, 5.74) is 1.49. The van der Waals surface area contributed by atoms with Gasteiger partial charge in [0.2, 0.25) is 6.79 Å². The van der Waals surface area contributed by atoms with E-state index < -0.39 is 0 Å². The Hall–Kier alpha value is -2.63. The molecule has 0 saturated carbocycles. The number of hydrogen-bond acceptors (Lipinski definition) is 5. The molecule has 1 aromatic heterocycles. The second-order valence-corrected chi connectivity index (χ2v) is 4.64. The quantitative estimate of drug-likeness (QED) is 0.844. The number of carbonyl (C=O) groups excluding carboxylic acids is 1. The zero-order chi connectivity index (χ0) is 14.5. The molecule has 6 nitrogen and oxygen atoms in total. The first kappa shape index (κ1) is 13.4. The van der Waals surface area contributed by atoms with Crippen LogP contribution in [0.25, 0.3) is 0 Å². The van der Waals surface area contributed by atoms with Crippen LogP contribution in [0.2, 0.25) is 0 Å². The van der Waals surface area contributed by atoms with Crippen LogP contribution in [0.4, 0.5) is 0 Å². The van der Waals surface area contributed by atoms with Crippen LogP contribution < -0.4 is 14.8 Å². The maximum atomic E-state index is 11.8. The normalized spacial score (nSPS) is 12.2. The van der Waals surface area contributed by atoms with Gasteiger partial charge in [-0.15, -0.1) is 0 Å². The molecule has 0 aliphatic carbocycles. The molecule has 3 rings (SSSR count). The van der Waals surface area contributed by atoms with Crippen LogP contribution in [0.15, 0.2) is 36.8 Å². The average molecular weight is 285 g/mol. The number of nitrogens with zero attached hydrogens (tertiary/aromatic N) is 2. The summed E-state index contributed by atoms with van der Waals surface area (Å²) in [6.07, 6.45) is 6.19. The number of amides is 1. The molecule has 1 aliphatic heterocycles. The molecule has 2 aromatic rings. The molecule has 108 valence electrons. The SMILES string of the molecule is O=C(NCCCc1ccc2c(c1)OCO2)c1cnccn1. The summed E-state index contributed by atoms with van der Waals surface area (Å²) in [7, 11) is 0. The number of hydrogen-bond donors (Lipinski definition) is 1. The molecule has 1 aliphatic rings. The summed E-state index contributed by atoms with van der Waals surface area (Å²) >= 11 is 0. The number of rotatable bonds is 5. The fourth-order valence-electron chi connectivity index (χ4n) is 2.10. The first-order valence-electron chi connectivity index (χ1n) is 6.76. The van der Waals surface area contributed by atoms with E-state index in [9.17, 15) is 4.79 Å². The average Bonchev–Trinajstić information content (AvgIpc) is 3.00. The Bertz CT molecular complexity index is 631. The van der Waals surface area contributed by atoms with E-state index in [1.54, 1.807) is 0 Å². The summed E-state index contributed by atoms with van der Waals surface area (Å²) < 4.78 is 10.6. The molecule has 1 N–H and O–H groups in total. The van der Waals surface area contributed by atoms with Crippen LogP contribution in [-0.2, 0) is 6.42 Å². The van der Waals surface area contributed by atoms with Crippen molar-refractivity contribution in [2.75, 3.05) is 13.3 Å². The van der Waals surface area contributed by atoms with Gasteiger partial charge in [0, 0.05) is 18.9 Å². The molecule has 0 atom stereocenters. The van der Waals surface area contributed by atoms with Crippen molar-refractivity contribution < 1.29 is 14.3 Å². The molecule has 1 amide bonds. The lowest BCUT2D eigenvalue weighted by atomic mass is 10.1. The fraction of sp³-hybridized carbons (Fsp3) is 0.267. The number of benzene rings is 1. The van der Waals surface area contributed by atoms with Gasteiger partial charge in [-0.25, -0.2) is 4.98 Å². The highest BCUT2D eigenvalue weighted by Gasteiger charge is 2.13. The maximum Gasteiger partial charge on any atom is 0.271 e. The second kappa shape index (κ2) is 6.21. The molecule has 21 heavy (non-hydrogen) atoms. The minimum atomic E-state index is -0.200. The molecular formula is C15H15N3O3. The maximum absolute atomic E-state index is 11.8. The van der Waals surface area contributed by atoms with E-state index in [1.165, 1.54) is 18.6 Å². The van der Waals surface area contributed by atoms with Gasteiger partial charge < -0.3 is 14.8 Å². The van der Waals surface area contributed by atoms with E-state index in [4.69, 9.17) is 9.47 Å². The topological polar surface area (TPSA) is 73.3 Å². The molecule has 0 fully saturated rings. The third-order valence-corrected chi connectivity index (χ3v) is 3.16. The Labute approximate surface area is 122 Å². The molecule has 1 aromatic carbocycles. The fourth-order valence-corrected chi connectivity index (χ4v) is 2.10. The highest BCUT2D eigenvalue weighted by molar-refractivity contribution is 5.91. The molecule has 0 radical (unpaired) electrons. The lowest BCUT2D eigenvalue weighted by Gasteiger charge is -2.05. The van der Waals surface area contributed by atoms with Gasteiger partial charge in [-0.1, -0.05) is 6.07 Å². The van der Waals surface area contributed by atoms with Crippen molar-refractivity contribution in [1.29, 1.82) is 0 Å². The van der Waals surface area contributed by atoms with Crippen molar-refractivity contribution in [2.45, 2.75) is 12.8 Å². The number of carbonyl (C=O) groups is 1. The van der Waals surface area contributed by atoms with Crippen LogP contribution in [0.1, 0.15) is 22.5 Å². The Kier molecular flexibility index (Phi) is 3.95. The van der Waals surface area contributed by atoms with Crippen molar-refractivity contribution in [3.05, 3.63) is 48.0 Å². The highest BCUT2D eigenvalue weighted by Crippen LogP contribution is 2.32. The molecule has 0 unspecified atom stereocenters. The molecule has 2 heterocycles. The summed E-state index contributed by atoms with van der Waals surface area (Å²) in [4.78, 5) is 19.6. The first-order valence-corrected chi connectivity index (χ1v) is 6.76. The first-order chi connectivity index (χ1) is 10.3. The monoisotopic (exact) mass is 285 g/mol. The number of aryl methyl sites for hydroxylation is 1. The smallest absolute Gasteiger partial charge is 0.271 e. The molecule has 0 saturated heterocycles. The van der Waals surface area contributed by atoms with E-state index >= 15 is 0 Å². The van der Waals surface area contributed by atoms with Crippen molar-refractivity contribution in [1.82, 2.24) is 15.3 Å². The van der Waals surface area contributed by atoms with Gasteiger partial charge in [-0.3, -0.25) is 9.78 Å². The van der Waals surface area contributed by atoms with Crippen LogP contribution in [0.5, 0.6) is 11.5 Å². The molecule has 6 heteroatoms. The van der Waals surface area contributed by atoms with Gasteiger partial charge in [0.25, 0.3) is 5.91 Å². The van der Waals surface area contributed by atoms with Crippen LogP contribution >= 0.6 is 0 Å². The lowest BCUT2D eigenvalue weighted by Crippen LogP contribution is -2.25. The van der Waals surface area contributed by atoms with Crippen molar-refractivity contribution in [3.63, 3.8) is 0 Å². The van der Waals surface area contributed by atoms with Crippen molar-refractivity contribution >= 4 is 5.91 Å². The largest absolute Gasteiger partial charge is 0.454 e. The highest BCUT2D eigenvalue weighted by atomic mass is 16.7. The van der Waals surface area contributed by atoms with Crippen LogP contribution in [-0.4, -0.2) is 29.2 Å². The number of ether oxygens (including phenoxy) is 2. The molecular weight excluding hydrogens is 270 g/mol. The third kappa shape index (κ3) is 3.28. The Balaban J connectivity index is 1.45. The molecule has 0 bridgehead atoms. The zero-order valence-electron chi connectivity index (χ0n) is 11.4. The summed E-state index contributed by atoms with van der Waals surface area (Å²) in [6.45, 7) is 0.872. The van der Waals surface area contributed by atoms with Gasteiger partial charge in [0.15, 0.2) is 11.5 Å². The van der Waals surface area contributed by atoms with E-state index in [2.05, 4.69) is 15.3 Å². The van der Waals surface area contributed by atoms with Crippen LogP contribution in [0, 0.1) is 0 Å². The Morgan fingerprint density at radius 1 is 1.24 bits per heavy atom. The Morgan fingerprint density at radius 2 is 2.14 bits per heavy atom. The third-order valence-electron chi connectivity index (χ3n) is 3.16. The number of nitrogens with one attached hydrogen (secondary N) is 1. The zero-order valence-corrected chi connectivity index (χ0v) is 11.4. The summed E-state index contributed by atoms with van der Waals surface area (Å²) in [5, 5.41) is 2.82. The minimum absolute atomic E-state index is 0.200. The predicted molar refractivity (Wildman–Crippen MR) is 75.3 cm³/mol. The van der Waals surface area contributed by atoms with E-state index in [0.29, 0.717) is 12.2 Å². The van der Waals surface area contributed by atoms with Gasteiger partial charge in [0.1, 0.15) is 5.69 Å². The van der Waals surface area contributed by atoms with Gasteiger partial charge in [-0.2, -0.15) is 0 Å².